The molecule has 0 aliphatic carbocycles. The number of hydrogen-bond donors (Lipinski definition) is 8. The molecule has 1 saturated heterocycles. The molecule has 0 bridgehead atoms. The molecule has 0 aromatic heterocycles. The van der Waals surface area contributed by atoms with Crippen molar-refractivity contribution < 1.29 is 67.3 Å². The lowest BCUT2D eigenvalue weighted by atomic mass is 10.1. The first-order chi connectivity index (χ1) is 40.4. The Kier molecular flexibility index (Phi) is 48.1. The summed E-state index contributed by atoms with van der Waals surface area (Å²) in [7, 11) is 1.56. The molecule has 2 aromatic carbocycles. The molecule has 0 radical (unpaired) electrons. The average Bonchev–Trinajstić information content (AvgIpc) is 4.29. The number of likely N-dealkylation sites (N-methyl/N-ethyl adjacent to an activating group) is 3. The van der Waals surface area contributed by atoms with Gasteiger partial charge >= 0.3 is 0 Å². The van der Waals surface area contributed by atoms with Crippen LogP contribution in [0.15, 0.2) is 61.2 Å². The summed E-state index contributed by atoms with van der Waals surface area (Å²) in [4.78, 5) is 118. The molecule has 84 heavy (non-hydrogen) atoms. The van der Waals surface area contributed by atoms with Crippen LogP contribution in [0, 0.1) is 0 Å². The summed E-state index contributed by atoms with van der Waals surface area (Å²) in [5, 5.41) is 19.0. The molecule has 2 heterocycles. The van der Waals surface area contributed by atoms with Gasteiger partial charge in [-0.3, -0.25) is 47.9 Å². The molecule has 2 aliphatic rings. The van der Waals surface area contributed by atoms with Gasteiger partial charge in [-0.2, -0.15) is 12.6 Å². The fraction of sp³-hybridized carbons (Fsp3) is 0.579. The highest BCUT2D eigenvalue weighted by atomic mass is 32.1. The van der Waals surface area contributed by atoms with Crippen LogP contribution in [-0.4, -0.2) is 233 Å². The molecule has 3 atom stereocenters. The number of nitrogens with zero attached hydrogens (tertiary/aromatic N) is 6. The topological polar surface area (TPSA) is 338 Å². The van der Waals surface area contributed by atoms with Gasteiger partial charge in [0.15, 0.2) is 11.5 Å². The fourth-order valence-corrected chi connectivity index (χ4v) is 7.74. The molecular formula is C57H96N12O14S. The Bertz CT molecular complexity index is 2170. The van der Waals surface area contributed by atoms with Crippen molar-refractivity contribution >= 4 is 74.2 Å². The van der Waals surface area contributed by atoms with Crippen molar-refractivity contribution in [3.63, 3.8) is 0 Å². The first-order valence-corrected chi connectivity index (χ1v) is 28.6. The highest BCUT2D eigenvalue weighted by Gasteiger charge is 2.27. The van der Waals surface area contributed by atoms with Crippen LogP contribution in [0.2, 0.25) is 0 Å². The van der Waals surface area contributed by atoms with Gasteiger partial charge in [-0.1, -0.05) is 49.4 Å². The standard InChI is InChI=1S/C16H22N2O2.C11H23N3O3.C11H20N2O3.C10H13NO2.C5H10N2O2.C4H8N2O2S/c1-13-7-6-10-18(13)16(20)11-17(12-19)14(2)15-8-4-3-5-9-15;1-2-14(7-8-15)11(17)9-13(10-16)6-4-3-5-12;1-4-6-13(5-2)11(15)9-12(10-14)7-8-16-3;1-2-11-6-8-3-4-9-10(5-8)13-7-12-9;1-2-7-5(9)3-6-4-8;5-4(8)3(1-9)6-2-7/h3-5,8-9,12-14H,6-7,10-11H2,1-2H3;10,15H,2-9,12H2,1H3;4,10H,1,5-9H2,2-3H3;3-5,11H,2,6-7H2,1H3;4H,2-3H2,1H3,(H,6,8)(H,7,9);2-3,9H,1H2,(H2,5,8)(H,6,7)/t;;;;;3-/m.....0/s1. The predicted molar refractivity (Wildman–Crippen MR) is 324 cm³/mol. The fourth-order valence-electron chi connectivity index (χ4n) is 7.46. The van der Waals surface area contributed by atoms with Crippen molar-refractivity contribution in [3.05, 3.63) is 72.3 Å². The summed E-state index contributed by atoms with van der Waals surface area (Å²) in [5.74, 6) is 1.03. The number of likely N-dealkylation sites (tertiary alicyclic amines) is 1. The molecule has 2 unspecified atom stereocenters. The average molecular weight is 1210 g/mol. The van der Waals surface area contributed by atoms with Gasteiger partial charge in [-0.15, -0.1) is 6.58 Å². The smallest absolute Gasteiger partial charge is 0.242 e. The molecule has 9 N–H and O–H groups in total. The maximum absolute atomic E-state index is 12.3. The molecular weight excluding hydrogens is 1110 g/mol. The molecule has 0 saturated carbocycles. The van der Waals surface area contributed by atoms with Crippen molar-refractivity contribution in [3.8, 4) is 11.5 Å². The van der Waals surface area contributed by atoms with Gasteiger partial charge in [-0.25, -0.2) is 0 Å². The van der Waals surface area contributed by atoms with Gasteiger partial charge in [0, 0.05) is 77.8 Å². The number of hydrogen-bond acceptors (Lipinski definition) is 17. The van der Waals surface area contributed by atoms with Gasteiger partial charge in [0.25, 0.3) is 0 Å². The van der Waals surface area contributed by atoms with E-state index in [4.69, 9.17) is 30.8 Å². The number of rotatable bonds is 35. The van der Waals surface area contributed by atoms with E-state index in [0.717, 1.165) is 68.8 Å². The summed E-state index contributed by atoms with van der Waals surface area (Å²) in [6, 6.07) is 15.4. The number of unbranched alkanes of at least 4 members (excludes halogenated alkanes) is 1. The van der Waals surface area contributed by atoms with Crippen molar-refractivity contribution in [1.29, 1.82) is 0 Å². The molecule has 4 rings (SSSR count). The zero-order chi connectivity index (χ0) is 63.5. The Labute approximate surface area is 502 Å². The molecule has 26 nitrogen and oxygen atoms in total. The Balaban J connectivity index is 0. The van der Waals surface area contributed by atoms with Crippen LogP contribution < -0.4 is 42.2 Å². The molecule has 1 fully saturated rings. The minimum Gasteiger partial charge on any atom is -0.454 e. The predicted octanol–water partition coefficient (Wildman–Crippen LogP) is 0.276. The minimum atomic E-state index is -0.647. The Morgan fingerprint density at radius 1 is 0.857 bits per heavy atom. The number of aliphatic hydroxyl groups is 1. The number of carbonyl (C=O) groups excluding carboxylic acids is 10. The molecule has 10 amide bonds. The number of nitrogens with two attached hydrogens (primary N) is 2. The van der Waals surface area contributed by atoms with Gasteiger partial charge in [0.2, 0.25) is 68.4 Å². The molecule has 2 aromatic rings. The van der Waals surface area contributed by atoms with Crippen molar-refractivity contribution in [2.24, 2.45) is 11.5 Å². The zero-order valence-electron chi connectivity index (χ0n) is 50.3. The van der Waals surface area contributed by atoms with Gasteiger partial charge in [-0.05, 0) is 96.7 Å². The second kappa shape index (κ2) is 51.3. The van der Waals surface area contributed by atoms with Crippen LogP contribution in [0.1, 0.15) is 84.4 Å². The Hall–Kier alpha value is -7.33. The van der Waals surface area contributed by atoms with Crippen LogP contribution >= 0.6 is 12.6 Å². The molecule has 474 valence electrons. The van der Waals surface area contributed by atoms with Gasteiger partial charge < -0.3 is 81.5 Å². The van der Waals surface area contributed by atoms with Crippen LogP contribution in [-0.2, 0) is 59.2 Å². The number of ether oxygens (including phenoxy) is 3. The highest BCUT2D eigenvalue weighted by Crippen LogP contribution is 2.32. The summed E-state index contributed by atoms with van der Waals surface area (Å²) in [5.41, 5.74) is 12.5. The lowest BCUT2D eigenvalue weighted by Crippen LogP contribution is -2.42. The Morgan fingerprint density at radius 3 is 1.99 bits per heavy atom. The minimum absolute atomic E-state index is 0.0462. The number of amides is 10. The number of methoxy groups -OCH3 is 1. The van der Waals surface area contributed by atoms with Crippen LogP contribution in [0.25, 0.3) is 0 Å². The van der Waals surface area contributed by atoms with E-state index in [1.807, 2.05) is 75.1 Å². The number of carbonyl (C=O) groups is 10. The van der Waals surface area contributed by atoms with Crippen molar-refractivity contribution in [1.82, 2.24) is 50.7 Å². The molecule has 27 heteroatoms. The van der Waals surface area contributed by atoms with E-state index in [-0.39, 0.29) is 68.2 Å². The van der Waals surface area contributed by atoms with E-state index in [9.17, 15) is 47.9 Å². The maximum atomic E-state index is 12.3. The second-order valence-corrected chi connectivity index (χ2v) is 18.7. The first-order valence-electron chi connectivity index (χ1n) is 28.0. The number of nitrogens with one attached hydrogen (secondary N) is 4. The summed E-state index contributed by atoms with van der Waals surface area (Å²) in [6.45, 7) is 23.1. The van der Waals surface area contributed by atoms with E-state index >= 15 is 0 Å². The molecule has 2 aliphatic heterocycles. The van der Waals surface area contributed by atoms with Crippen LogP contribution in [0.3, 0.4) is 0 Å². The lowest BCUT2D eigenvalue weighted by Gasteiger charge is -2.28. The lowest BCUT2D eigenvalue weighted by molar-refractivity contribution is -0.137. The second-order valence-electron chi connectivity index (χ2n) is 18.3. The van der Waals surface area contributed by atoms with Crippen LogP contribution in [0.5, 0.6) is 11.5 Å². The van der Waals surface area contributed by atoms with Crippen molar-refractivity contribution in [2.45, 2.75) is 91.9 Å². The third kappa shape index (κ3) is 35.6. The number of thiol groups is 1. The summed E-state index contributed by atoms with van der Waals surface area (Å²) < 4.78 is 15.3. The number of aliphatic hydroxyl groups excluding tert-OH is 1. The quantitative estimate of drug-likeness (QED) is 0.0199. The first kappa shape index (κ1) is 78.7. The monoisotopic (exact) mass is 1200 g/mol. The third-order valence-corrected chi connectivity index (χ3v) is 12.6. The van der Waals surface area contributed by atoms with Gasteiger partial charge in [0.1, 0.15) is 12.6 Å². The van der Waals surface area contributed by atoms with E-state index in [1.165, 1.54) is 20.3 Å². The number of fused-ring (bicyclic) bond motifs is 1. The highest BCUT2D eigenvalue weighted by molar-refractivity contribution is 7.80. The molecule has 0 spiro atoms. The van der Waals surface area contributed by atoms with Crippen molar-refractivity contribution in [2.75, 3.05) is 124 Å². The third-order valence-electron chi connectivity index (χ3n) is 12.3. The van der Waals surface area contributed by atoms with E-state index < -0.39 is 11.9 Å². The zero-order valence-corrected chi connectivity index (χ0v) is 51.2. The van der Waals surface area contributed by atoms with Gasteiger partial charge in [0.05, 0.1) is 38.9 Å². The SMILES string of the molecule is C=CCN(CC)C(=O)CN(C=O)CCOC.CC(c1ccccc1)N(C=O)CC(=O)N1CCCC1C.CCN(CCO)C(=O)CN(C=O)CCCCN.CCNC(=O)CNC=O.CCNCc1ccc2c(c1)OCO2.NC(=O)[C@H](CS)NC=O. The van der Waals surface area contributed by atoms with Crippen LogP contribution in [0.4, 0.5) is 0 Å². The maximum Gasteiger partial charge on any atom is 0.242 e. The largest absolute Gasteiger partial charge is 0.454 e. The normalized spacial score (nSPS) is 12.8. The van der Waals surface area contributed by atoms with E-state index in [2.05, 4.69) is 60.4 Å². The number of primary amides is 1. The summed E-state index contributed by atoms with van der Waals surface area (Å²) in [6.07, 6.45) is 8.46. The van der Waals surface area contributed by atoms with E-state index in [0.29, 0.717) is 97.4 Å². The van der Waals surface area contributed by atoms with E-state index in [1.54, 1.807) is 23.0 Å². The summed E-state index contributed by atoms with van der Waals surface area (Å²) >= 11 is 3.77. The Morgan fingerprint density at radius 2 is 1.50 bits per heavy atom. The number of benzene rings is 2.